The average Bonchev–Trinajstić information content (AvgIpc) is 2.95. The van der Waals surface area contributed by atoms with Gasteiger partial charge >= 0.3 is 12.1 Å². The summed E-state index contributed by atoms with van der Waals surface area (Å²) in [7, 11) is 0. The predicted molar refractivity (Wildman–Crippen MR) is 83.6 cm³/mol. The Morgan fingerprint density at radius 3 is 2.58 bits per heavy atom. The van der Waals surface area contributed by atoms with Crippen LogP contribution >= 0.6 is 0 Å². The fourth-order valence-electron chi connectivity index (χ4n) is 2.82. The minimum atomic E-state index is -4.79. The Bertz CT molecular complexity index is 1030. The highest BCUT2D eigenvalue weighted by Gasteiger charge is 2.34. The van der Waals surface area contributed by atoms with Crippen LogP contribution in [0, 0.1) is 19.7 Å². The molecule has 2 heterocycles. The van der Waals surface area contributed by atoms with E-state index in [2.05, 4.69) is 10.1 Å². The lowest BCUT2D eigenvalue weighted by Crippen LogP contribution is -2.10. The van der Waals surface area contributed by atoms with Gasteiger partial charge in [-0.15, -0.1) is 0 Å². The number of halogens is 4. The van der Waals surface area contributed by atoms with E-state index in [1.54, 1.807) is 13.8 Å². The van der Waals surface area contributed by atoms with Crippen LogP contribution < -0.4 is 0 Å². The molecule has 0 spiro atoms. The molecule has 136 valence electrons. The highest BCUT2D eigenvalue weighted by Crippen LogP contribution is 2.32. The standard InChI is InChI=1S/C17H13F4N3O2/c1-8-11(5-10-3-4-14(18)13(6-10)17(19,20)21)9(2)24-15(23-8)12(7-22-24)16(25)26/h3-4,6-7H,5H2,1-2H3,(H,25,26). The summed E-state index contributed by atoms with van der Waals surface area (Å²) < 4.78 is 53.5. The first-order chi connectivity index (χ1) is 12.1. The van der Waals surface area contributed by atoms with E-state index in [1.165, 1.54) is 16.8 Å². The maximum atomic E-state index is 13.4. The molecule has 0 fully saturated rings. The molecule has 1 N–H and O–H groups in total. The van der Waals surface area contributed by atoms with E-state index < -0.39 is 23.5 Å². The summed E-state index contributed by atoms with van der Waals surface area (Å²) in [5.41, 5.74) is 0.643. The zero-order valence-electron chi connectivity index (χ0n) is 13.7. The van der Waals surface area contributed by atoms with Gasteiger partial charge in [0.25, 0.3) is 0 Å². The van der Waals surface area contributed by atoms with Gasteiger partial charge in [-0.2, -0.15) is 18.3 Å². The molecule has 3 aromatic rings. The SMILES string of the molecule is Cc1nc2c(C(=O)O)cnn2c(C)c1Cc1ccc(F)c(C(F)(F)F)c1. The fourth-order valence-corrected chi connectivity index (χ4v) is 2.82. The van der Waals surface area contributed by atoms with Crippen LogP contribution in [0.1, 0.15) is 38.4 Å². The normalized spacial score (nSPS) is 11.9. The number of nitrogens with zero attached hydrogens (tertiary/aromatic N) is 3. The first kappa shape index (κ1) is 17.8. The number of rotatable bonds is 3. The van der Waals surface area contributed by atoms with Crippen LogP contribution in [-0.2, 0) is 12.6 Å². The minimum absolute atomic E-state index is 0.0658. The summed E-state index contributed by atoms with van der Waals surface area (Å²) in [5.74, 6) is -2.51. The van der Waals surface area contributed by atoms with E-state index in [1.807, 2.05) is 0 Å². The van der Waals surface area contributed by atoms with Crippen LogP contribution in [-0.4, -0.2) is 25.7 Å². The van der Waals surface area contributed by atoms with Crippen molar-refractivity contribution in [2.45, 2.75) is 26.4 Å². The van der Waals surface area contributed by atoms with Crippen LogP contribution in [0.2, 0.25) is 0 Å². The topological polar surface area (TPSA) is 67.5 Å². The second kappa shape index (κ2) is 6.08. The molecule has 0 aliphatic rings. The molecule has 0 saturated carbocycles. The number of carboxylic acids is 1. The van der Waals surface area contributed by atoms with E-state index in [9.17, 15) is 22.4 Å². The Hall–Kier alpha value is -2.97. The second-order valence-corrected chi connectivity index (χ2v) is 5.85. The summed E-state index contributed by atoms with van der Waals surface area (Å²) in [5, 5.41) is 13.1. The maximum Gasteiger partial charge on any atom is 0.419 e. The Balaban J connectivity index is 2.09. The molecule has 2 aromatic heterocycles. The summed E-state index contributed by atoms with van der Waals surface area (Å²) >= 11 is 0. The number of benzene rings is 1. The first-order valence-electron chi connectivity index (χ1n) is 7.52. The highest BCUT2D eigenvalue weighted by atomic mass is 19.4. The van der Waals surface area contributed by atoms with Crippen molar-refractivity contribution < 1.29 is 27.5 Å². The van der Waals surface area contributed by atoms with E-state index in [-0.39, 0.29) is 23.2 Å². The largest absolute Gasteiger partial charge is 0.477 e. The molecular weight excluding hydrogens is 354 g/mol. The number of fused-ring (bicyclic) bond motifs is 1. The highest BCUT2D eigenvalue weighted by molar-refractivity contribution is 5.94. The lowest BCUT2D eigenvalue weighted by atomic mass is 10.00. The van der Waals surface area contributed by atoms with E-state index in [0.29, 0.717) is 17.0 Å². The third-order valence-corrected chi connectivity index (χ3v) is 4.16. The molecule has 0 radical (unpaired) electrons. The third kappa shape index (κ3) is 3.00. The molecule has 0 bridgehead atoms. The van der Waals surface area contributed by atoms with E-state index >= 15 is 0 Å². The Kier molecular flexibility index (Phi) is 4.17. The van der Waals surface area contributed by atoms with Crippen molar-refractivity contribution in [1.82, 2.24) is 14.6 Å². The molecule has 26 heavy (non-hydrogen) atoms. The van der Waals surface area contributed by atoms with Crippen molar-refractivity contribution >= 4 is 11.6 Å². The molecule has 5 nitrogen and oxygen atoms in total. The molecule has 0 unspecified atom stereocenters. The fraction of sp³-hybridized carbons (Fsp3) is 0.235. The van der Waals surface area contributed by atoms with Gasteiger partial charge in [-0.1, -0.05) is 6.07 Å². The number of alkyl halides is 3. The third-order valence-electron chi connectivity index (χ3n) is 4.16. The molecule has 3 rings (SSSR count). The number of aryl methyl sites for hydroxylation is 2. The minimum Gasteiger partial charge on any atom is -0.477 e. The van der Waals surface area contributed by atoms with Crippen molar-refractivity contribution in [3.05, 3.63) is 63.9 Å². The lowest BCUT2D eigenvalue weighted by molar-refractivity contribution is -0.140. The maximum absolute atomic E-state index is 13.4. The summed E-state index contributed by atoms with van der Waals surface area (Å²) in [6.45, 7) is 3.30. The molecule has 0 atom stereocenters. The monoisotopic (exact) mass is 367 g/mol. The number of hydrogen-bond donors (Lipinski definition) is 1. The van der Waals surface area contributed by atoms with Crippen molar-refractivity contribution in [2.24, 2.45) is 0 Å². The predicted octanol–water partition coefficient (Wildman–Crippen LogP) is 3.79. The number of hydrogen-bond acceptors (Lipinski definition) is 3. The van der Waals surface area contributed by atoms with Gasteiger partial charge in [0.1, 0.15) is 11.4 Å². The zero-order valence-corrected chi connectivity index (χ0v) is 13.7. The van der Waals surface area contributed by atoms with Crippen LogP contribution in [0.25, 0.3) is 5.65 Å². The second-order valence-electron chi connectivity index (χ2n) is 5.85. The first-order valence-corrected chi connectivity index (χ1v) is 7.52. The molecule has 0 aliphatic heterocycles. The van der Waals surface area contributed by atoms with Crippen molar-refractivity contribution in [1.29, 1.82) is 0 Å². The Morgan fingerprint density at radius 1 is 1.27 bits per heavy atom. The van der Waals surface area contributed by atoms with E-state index in [4.69, 9.17) is 5.11 Å². The summed E-state index contributed by atoms with van der Waals surface area (Å²) in [6.07, 6.45) is -3.54. The van der Waals surface area contributed by atoms with Crippen LogP contribution in [0.4, 0.5) is 17.6 Å². The van der Waals surface area contributed by atoms with Gasteiger partial charge < -0.3 is 5.11 Å². The summed E-state index contributed by atoms with van der Waals surface area (Å²) in [4.78, 5) is 15.4. The van der Waals surface area contributed by atoms with Crippen molar-refractivity contribution in [3.63, 3.8) is 0 Å². The molecule has 0 amide bonds. The van der Waals surface area contributed by atoms with Crippen LogP contribution in [0.15, 0.2) is 24.4 Å². The smallest absolute Gasteiger partial charge is 0.419 e. The molecule has 1 aromatic carbocycles. The summed E-state index contributed by atoms with van der Waals surface area (Å²) in [6, 6.07) is 2.83. The van der Waals surface area contributed by atoms with Gasteiger partial charge in [0.2, 0.25) is 0 Å². The number of aromatic carboxylic acids is 1. The quantitative estimate of drug-likeness (QED) is 0.715. The zero-order chi connectivity index (χ0) is 19.2. The number of carbonyl (C=O) groups is 1. The van der Waals surface area contributed by atoms with Gasteiger partial charge in [0, 0.05) is 17.8 Å². The molecule has 0 aliphatic carbocycles. The number of aromatic nitrogens is 3. The number of carboxylic acid groups (broad SMARTS) is 1. The van der Waals surface area contributed by atoms with Crippen molar-refractivity contribution in [2.75, 3.05) is 0 Å². The Labute approximate surface area is 144 Å². The van der Waals surface area contributed by atoms with Gasteiger partial charge in [0.15, 0.2) is 5.65 Å². The van der Waals surface area contributed by atoms with Gasteiger partial charge in [0.05, 0.1) is 11.8 Å². The van der Waals surface area contributed by atoms with E-state index in [0.717, 1.165) is 12.1 Å². The molecule has 0 saturated heterocycles. The van der Waals surface area contributed by atoms with Gasteiger partial charge in [-0.05, 0) is 37.1 Å². The van der Waals surface area contributed by atoms with Crippen LogP contribution in [0.5, 0.6) is 0 Å². The average molecular weight is 367 g/mol. The van der Waals surface area contributed by atoms with Gasteiger partial charge in [-0.3, -0.25) is 0 Å². The van der Waals surface area contributed by atoms with Gasteiger partial charge in [-0.25, -0.2) is 18.7 Å². The lowest BCUT2D eigenvalue weighted by Gasteiger charge is -2.13. The Morgan fingerprint density at radius 2 is 1.96 bits per heavy atom. The van der Waals surface area contributed by atoms with Crippen molar-refractivity contribution in [3.8, 4) is 0 Å². The molecule has 9 heteroatoms. The molecular formula is C17H13F4N3O2. The van der Waals surface area contributed by atoms with Crippen LogP contribution in [0.3, 0.4) is 0 Å².